The van der Waals surface area contributed by atoms with Crippen LogP contribution in [-0.4, -0.2) is 39.3 Å². The highest BCUT2D eigenvalue weighted by molar-refractivity contribution is 7.15. The monoisotopic (exact) mass is 489 g/mol. The van der Waals surface area contributed by atoms with E-state index in [1.165, 1.54) is 18.4 Å². The summed E-state index contributed by atoms with van der Waals surface area (Å²) in [6.07, 6.45) is 0.676. The summed E-state index contributed by atoms with van der Waals surface area (Å²) in [5.74, 6) is 0.532. The van der Waals surface area contributed by atoms with Gasteiger partial charge < -0.3 is 24.3 Å². The first-order valence-corrected chi connectivity index (χ1v) is 11.4. The third-order valence-electron chi connectivity index (χ3n) is 4.58. The second-order valence-corrected chi connectivity index (χ2v) is 8.11. The van der Waals surface area contributed by atoms with Crippen LogP contribution in [0.2, 0.25) is 5.02 Å². The van der Waals surface area contributed by atoms with Crippen LogP contribution < -0.4 is 19.5 Å². The molecular weight excluding hydrogens is 466 g/mol. The van der Waals surface area contributed by atoms with Crippen molar-refractivity contribution in [1.82, 2.24) is 0 Å². The van der Waals surface area contributed by atoms with Gasteiger partial charge >= 0.3 is 5.97 Å². The Morgan fingerprint density at radius 1 is 1.03 bits per heavy atom. The topological polar surface area (TPSA) is 83.1 Å². The van der Waals surface area contributed by atoms with Gasteiger partial charge in [0.15, 0.2) is 18.1 Å². The molecule has 0 saturated heterocycles. The fourth-order valence-corrected chi connectivity index (χ4v) is 4.17. The van der Waals surface area contributed by atoms with Crippen LogP contribution in [0.1, 0.15) is 23.7 Å². The smallest absolute Gasteiger partial charge is 0.341 e. The predicted octanol–water partition coefficient (Wildman–Crippen LogP) is 5.67. The standard InChI is InChI=1S/C24H24ClNO6S/c1-4-11-31-24(28)22-16(15-9-10-19(29-2)20(12-15)30-3)14-33-23(22)26-21(27)13-32-18-8-6-5-7-17(18)25/h5-10,12,14H,4,11,13H2,1-3H3,(H,26,27). The molecular formula is C24H24ClNO6S. The van der Waals surface area contributed by atoms with Crippen molar-refractivity contribution < 1.29 is 28.5 Å². The zero-order valence-corrected chi connectivity index (χ0v) is 20.0. The van der Waals surface area contributed by atoms with Crippen LogP contribution in [-0.2, 0) is 9.53 Å². The highest BCUT2D eigenvalue weighted by atomic mass is 35.5. The second kappa shape index (κ2) is 11.6. The minimum Gasteiger partial charge on any atom is -0.493 e. The van der Waals surface area contributed by atoms with Crippen molar-refractivity contribution in [2.24, 2.45) is 0 Å². The van der Waals surface area contributed by atoms with Gasteiger partial charge in [0.25, 0.3) is 5.91 Å². The van der Waals surface area contributed by atoms with E-state index in [-0.39, 0.29) is 18.8 Å². The molecule has 0 radical (unpaired) electrons. The number of carbonyl (C=O) groups is 2. The van der Waals surface area contributed by atoms with Gasteiger partial charge in [0.2, 0.25) is 0 Å². The van der Waals surface area contributed by atoms with Crippen molar-refractivity contribution in [3.8, 4) is 28.4 Å². The van der Waals surface area contributed by atoms with Gasteiger partial charge in [-0.3, -0.25) is 4.79 Å². The first-order chi connectivity index (χ1) is 16.0. The fraction of sp³-hybridized carbons (Fsp3) is 0.250. The zero-order chi connectivity index (χ0) is 23.8. The van der Waals surface area contributed by atoms with Crippen LogP contribution in [0.5, 0.6) is 17.2 Å². The molecule has 174 valence electrons. The largest absolute Gasteiger partial charge is 0.493 e. The molecule has 0 aliphatic carbocycles. The number of para-hydroxylation sites is 1. The number of esters is 1. The SMILES string of the molecule is CCCOC(=O)c1c(-c2ccc(OC)c(OC)c2)csc1NC(=O)COc1ccccc1Cl. The van der Waals surface area contributed by atoms with Crippen LogP contribution in [0, 0.1) is 0 Å². The number of carbonyl (C=O) groups excluding carboxylic acids is 2. The third-order valence-corrected chi connectivity index (χ3v) is 5.78. The molecule has 0 spiro atoms. The summed E-state index contributed by atoms with van der Waals surface area (Å²) in [7, 11) is 3.09. The molecule has 0 atom stereocenters. The highest BCUT2D eigenvalue weighted by Crippen LogP contribution is 2.39. The van der Waals surface area contributed by atoms with E-state index in [4.69, 9.17) is 30.5 Å². The van der Waals surface area contributed by atoms with E-state index in [0.29, 0.717) is 39.3 Å². The van der Waals surface area contributed by atoms with Crippen molar-refractivity contribution in [1.29, 1.82) is 0 Å². The number of benzene rings is 2. The Hall–Kier alpha value is -3.23. The van der Waals surface area contributed by atoms with Gasteiger partial charge in [-0.2, -0.15) is 0 Å². The van der Waals surface area contributed by atoms with Crippen molar-refractivity contribution in [2.45, 2.75) is 13.3 Å². The number of halogens is 1. The van der Waals surface area contributed by atoms with E-state index < -0.39 is 11.9 Å². The maximum Gasteiger partial charge on any atom is 0.341 e. The Bertz CT molecular complexity index is 1130. The summed E-state index contributed by atoms with van der Waals surface area (Å²) in [6, 6.07) is 12.2. The zero-order valence-electron chi connectivity index (χ0n) is 18.5. The summed E-state index contributed by atoms with van der Waals surface area (Å²) < 4.78 is 21.6. The molecule has 1 N–H and O–H groups in total. The predicted molar refractivity (Wildman–Crippen MR) is 129 cm³/mol. The molecule has 9 heteroatoms. The van der Waals surface area contributed by atoms with Crippen LogP contribution in [0.3, 0.4) is 0 Å². The second-order valence-electron chi connectivity index (χ2n) is 6.83. The third kappa shape index (κ3) is 5.97. The number of amides is 1. The number of rotatable bonds is 10. The van der Waals surface area contributed by atoms with E-state index in [0.717, 1.165) is 5.56 Å². The average molecular weight is 490 g/mol. The first kappa shape index (κ1) is 24.4. The van der Waals surface area contributed by atoms with E-state index >= 15 is 0 Å². The summed E-state index contributed by atoms with van der Waals surface area (Å²) in [6.45, 7) is 1.91. The van der Waals surface area contributed by atoms with Gasteiger partial charge in [-0.05, 0) is 36.2 Å². The molecule has 0 aliphatic rings. The number of anilines is 1. The van der Waals surface area contributed by atoms with Gasteiger partial charge in [-0.25, -0.2) is 4.79 Å². The highest BCUT2D eigenvalue weighted by Gasteiger charge is 2.24. The molecule has 3 aromatic rings. The van der Waals surface area contributed by atoms with Gasteiger partial charge in [0.1, 0.15) is 16.3 Å². The van der Waals surface area contributed by atoms with Crippen molar-refractivity contribution in [3.63, 3.8) is 0 Å². The average Bonchev–Trinajstić information content (AvgIpc) is 3.24. The molecule has 0 aliphatic heterocycles. The summed E-state index contributed by atoms with van der Waals surface area (Å²) in [4.78, 5) is 25.4. The Kier molecular flexibility index (Phi) is 8.57. The number of methoxy groups -OCH3 is 2. The Labute approximate surface area is 201 Å². The fourth-order valence-electron chi connectivity index (χ4n) is 3.00. The number of thiophene rings is 1. The summed E-state index contributed by atoms with van der Waals surface area (Å²) in [5.41, 5.74) is 1.61. The minimum absolute atomic E-state index is 0.267. The lowest BCUT2D eigenvalue weighted by atomic mass is 10.0. The number of hydrogen-bond acceptors (Lipinski definition) is 7. The van der Waals surface area contributed by atoms with Crippen LogP contribution in [0.15, 0.2) is 47.8 Å². The van der Waals surface area contributed by atoms with Gasteiger partial charge in [0.05, 0.1) is 25.8 Å². The lowest BCUT2D eigenvalue weighted by Gasteiger charge is -2.12. The molecule has 0 unspecified atom stereocenters. The van der Waals surface area contributed by atoms with E-state index in [9.17, 15) is 9.59 Å². The van der Waals surface area contributed by atoms with Crippen LogP contribution in [0.4, 0.5) is 5.00 Å². The first-order valence-electron chi connectivity index (χ1n) is 10.2. The lowest BCUT2D eigenvalue weighted by molar-refractivity contribution is -0.118. The molecule has 0 fully saturated rings. The molecule has 1 aromatic heterocycles. The van der Waals surface area contributed by atoms with Crippen LogP contribution >= 0.6 is 22.9 Å². The van der Waals surface area contributed by atoms with Crippen molar-refractivity contribution in [2.75, 3.05) is 32.8 Å². The molecule has 2 aromatic carbocycles. The molecule has 1 amide bonds. The van der Waals surface area contributed by atoms with Gasteiger partial charge in [-0.15, -0.1) is 11.3 Å². The Balaban J connectivity index is 1.87. The number of nitrogens with one attached hydrogen (secondary N) is 1. The lowest BCUT2D eigenvalue weighted by Crippen LogP contribution is -2.21. The van der Waals surface area contributed by atoms with Crippen LogP contribution in [0.25, 0.3) is 11.1 Å². The normalized spacial score (nSPS) is 10.4. The van der Waals surface area contributed by atoms with Crippen molar-refractivity contribution >= 4 is 39.8 Å². The van der Waals surface area contributed by atoms with E-state index in [1.54, 1.807) is 48.9 Å². The van der Waals surface area contributed by atoms with Crippen molar-refractivity contribution in [3.05, 3.63) is 58.4 Å². The maximum atomic E-state index is 12.9. The molecule has 33 heavy (non-hydrogen) atoms. The minimum atomic E-state index is -0.523. The maximum absolute atomic E-state index is 12.9. The number of ether oxygens (including phenoxy) is 4. The molecule has 3 rings (SSSR count). The molecule has 7 nitrogen and oxygen atoms in total. The summed E-state index contributed by atoms with van der Waals surface area (Å²) >= 11 is 7.29. The molecule has 0 saturated carbocycles. The Morgan fingerprint density at radius 2 is 1.79 bits per heavy atom. The quantitative estimate of drug-likeness (QED) is 0.369. The number of hydrogen-bond donors (Lipinski definition) is 1. The van der Waals surface area contributed by atoms with E-state index in [2.05, 4.69) is 5.32 Å². The summed E-state index contributed by atoms with van der Waals surface area (Å²) in [5, 5.41) is 5.31. The van der Waals surface area contributed by atoms with Gasteiger partial charge in [-0.1, -0.05) is 36.7 Å². The van der Waals surface area contributed by atoms with Gasteiger partial charge in [0, 0.05) is 10.9 Å². The molecule has 0 bridgehead atoms. The molecule has 1 heterocycles. The van der Waals surface area contributed by atoms with E-state index in [1.807, 2.05) is 13.0 Å². The Morgan fingerprint density at radius 3 is 2.48 bits per heavy atom.